The molecule has 0 fully saturated rings. The number of nitrogens with zero attached hydrogens (tertiary/aromatic N) is 1. The van der Waals surface area contributed by atoms with Crippen molar-refractivity contribution >= 4 is 5.91 Å². The second-order valence-electron chi connectivity index (χ2n) is 7.15. The molecule has 156 valence electrons. The molecule has 0 aliphatic heterocycles. The highest BCUT2D eigenvalue weighted by atomic mass is 16.5. The molecule has 6 heteroatoms. The number of hydrogen-bond donors (Lipinski definition) is 3. The Morgan fingerprint density at radius 3 is 2.32 bits per heavy atom. The van der Waals surface area contributed by atoms with Crippen LogP contribution in [0.1, 0.15) is 15.9 Å². The normalized spacial score (nSPS) is 10.6. The molecule has 0 radical (unpaired) electrons. The monoisotopic (exact) mass is 413 g/mol. The quantitative estimate of drug-likeness (QED) is 0.418. The van der Waals surface area contributed by atoms with E-state index in [-0.39, 0.29) is 11.7 Å². The molecule has 6 nitrogen and oxygen atoms in total. The van der Waals surface area contributed by atoms with Gasteiger partial charge >= 0.3 is 0 Å². The van der Waals surface area contributed by atoms with E-state index in [4.69, 9.17) is 4.74 Å². The number of ether oxygens (including phenoxy) is 1. The average molecular weight is 413 g/mol. The minimum absolute atomic E-state index is 0.105. The van der Waals surface area contributed by atoms with E-state index in [1.807, 2.05) is 54.6 Å². The van der Waals surface area contributed by atoms with Crippen LogP contribution in [0.3, 0.4) is 0 Å². The van der Waals surface area contributed by atoms with E-state index in [2.05, 4.69) is 15.5 Å². The van der Waals surface area contributed by atoms with Gasteiger partial charge in [-0.2, -0.15) is 5.10 Å². The first-order chi connectivity index (χ1) is 15.1. The van der Waals surface area contributed by atoms with E-state index in [1.165, 1.54) is 0 Å². The number of methoxy groups -OCH3 is 1. The van der Waals surface area contributed by atoms with Crippen molar-refractivity contribution in [3.05, 3.63) is 90.0 Å². The number of nitrogens with one attached hydrogen (secondary N) is 2. The van der Waals surface area contributed by atoms with Gasteiger partial charge in [-0.15, -0.1) is 0 Å². The maximum Gasteiger partial charge on any atom is 0.251 e. The Labute approximate surface area is 180 Å². The van der Waals surface area contributed by atoms with Crippen molar-refractivity contribution in [3.63, 3.8) is 0 Å². The van der Waals surface area contributed by atoms with Crippen molar-refractivity contribution in [2.24, 2.45) is 0 Å². The summed E-state index contributed by atoms with van der Waals surface area (Å²) in [5, 5.41) is 19.7. The highest BCUT2D eigenvalue weighted by Gasteiger charge is 2.09. The Hall–Kier alpha value is -4.06. The Bertz CT molecular complexity index is 1150. The zero-order valence-electron chi connectivity index (χ0n) is 17.1. The van der Waals surface area contributed by atoms with Gasteiger partial charge in [0, 0.05) is 17.7 Å². The van der Waals surface area contributed by atoms with Gasteiger partial charge in [-0.05, 0) is 72.1 Å². The molecular weight excluding hydrogens is 390 g/mol. The zero-order chi connectivity index (χ0) is 21.6. The van der Waals surface area contributed by atoms with E-state index in [9.17, 15) is 9.90 Å². The Kier molecular flexibility index (Phi) is 5.98. The van der Waals surface area contributed by atoms with Crippen molar-refractivity contribution in [2.75, 3.05) is 13.7 Å². The van der Waals surface area contributed by atoms with Gasteiger partial charge in [0.05, 0.1) is 18.5 Å². The number of phenolic OH excluding ortho intramolecular Hbond substituents is 1. The summed E-state index contributed by atoms with van der Waals surface area (Å²) in [6.45, 7) is 0.558. The van der Waals surface area contributed by atoms with Crippen LogP contribution in [0.5, 0.6) is 11.5 Å². The van der Waals surface area contributed by atoms with Crippen LogP contribution in [-0.4, -0.2) is 34.9 Å². The Morgan fingerprint density at radius 2 is 1.65 bits per heavy atom. The molecule has 0 bridgehead atoms. The second-order valence-corrected chi connectivity index (χ2v) is 7.15. The van der Waals surface area contributed by atoms with Gasteiger partial charge in [-0.1, -0.05) is 24.3 Å². The number of phenols is 1. The number of aromatic hydroxyl groups is 1. The molecule has 0 atom stereocenters. The number of benzene rings is 3. The van der Waals surface area contributed by atoms with Gasteiger partial charge in [0.1, 0.15) is 11.5 Å². The Balaban J connectivity index is 1.35. The third-order valence-corrected chi connectivity index (χ3v) is 5.06. The number of H-pyrrole nitrogens is 1. The molecule has 3 N–H and O–H groups in total. The first-order valence-corrected chi connectivity index (χ1v) is 9.99. The van der Waals surface area contributed by atoms with E-state index >= 15 is 0 Å². The number of carbonyl (C=O) groups is 1. The lowest BCUT2D eigenvalue weighted by Gasteiger charge is -2.07. The van der Waals surface area contributed by atoms with Crippen LogP contribution in [0.25, 0.3) is 22.5 Å². The Morgan fingerprint density at radius 1 is 0.968 bits per heavy atom. The summed E-state index contributed by atoms with van der Waals surface area (Å²) in [5.41, 5.74) is 5.23. The molecule has 1 aromatic heterocycles. The van der Waals surface area contributed by atoms with Crippen molar-refractivity contribution in [2.45, 2.75) is 6.42 Å². The zero-order valence-corrected chi connectivity index (χ0v) is 17.1. The van der Waals surface area contributed by atoms with Crippen LogP contribution in [0.4, 0.5) is 0 Å². The molecule has 0 spiro atoms. The van der Waals surface area contributed by atoms with Crippen LogP contribution >= 0.6 is 0 Å². The molecule has 0 saturated carbocycles. The number of aromatic amines is 1. The maximum atomic E-state index is 12.4. The third kappa shape index (κ3) is 4.93. The second kappa shape index (κ2) is 9.17. The largest absolute Gasteiger partial charge is 0.508 e. The number of amides is 1. The summed E-state index contributed by atoms with van der Waals surface area (Å²) in [6, 6.07) is 24.1. The number of carbonyl (C=O) groups excluding carboxylic acids is 1. The van der Waals surface area contributed by atoms with Crippen LogP contribution in [0, 0.1) is 0 Å². The first-order valence-electron chi connectivity index (χ1n) is 9.99. The molecule has 1 heterocycles. The summed E-state index contributed by atoms with van der Waals surface area (Å²) < 4.78 is 5.15. The van der Waals surface area contributed by atoms with Gasteiger partial charge in [0.15, 0.2) is 0 Å². The third-order valence-electron chi connectivity index (χ3n) is 5.06. The molecule has 0 aliphatic carbocycles. The van der Waals surface area contributed by atoms with Crippen LogP contribution in [0.2, 0.25) is 0 Å². The number of rotatable bonds is 7. The number of aromatic nitrogens is 2. The van der Waals surface area contributed by atoms with Gasteiger partial charge in [0.25, 0.3) is 5.91 Å². The van der Waals surface area contributed by atoms with Gasteiger partial charge in [-0.25, -0.2) is 0 Å². The lowest BCUT2D eigenvalue weighted by Crippen LogP contribution is -2.25. The van der Waals surface area contributed by atoms with Crippen LogP contribution in [0.15, 0.2) is 78.9 Å². The van der Waals surface area contributed by atoms with Gasteiger partial charge in [0.2, 0.25) is 0 Å². The van der Waals surface area contributed by atoms with E-state index in [0.717, 1.165) is 40.2 Å². The standard InChI is InChI=1S/C25H23N3O3/c1-31-22-12-2-17(3-13-22)14-15-26-25(30)20-6-4-18(5-7-20)23-16-24(28-27-23)19-8-10-21(29)11-9-19/h2-13,16,29H,14-15H2,1H3,(H,26,30)(H,27,28). The van der Waals surface area contributed by atoms with E-state index in [0.29, 0.717) is 12.1 Å². The lowest BCUT2D eigenvalue weighted by molar-refractivity contribution is 0.0954. The van der Waals surface area contributed by atoms with Gasteiger partial charge in [-0.3, -0.25) is 9.89 Å². The van der Waals surface area contributed by atoms with E-state index in [1.54, 1.807) is 31.4 Å². The topological polar surface area (TPSA) is 87.2 Å². The summed E-state index contributed by atoms with van der Waals surface area (Å²) in [7, 11) is 1.64. The maximum absolute atomic E-state index is 12.4. The molecule has 0 aliphatic rings. The van der Waals surface area contributed by atoms with Crippen molar-refractivity contribution in [1.29, 1.82) is 0 Å². The highest BCUT2D eigenvalue weighted by Crippen LogP contribution is 2.25. The summed E-state index contributed by atoms with van der Waals surface area (Å²) in [4.78, 5) is 12.4. The fraction of sp³-hybridized carbons (Fsp3) is 0.120. The van der Waals surface area contributed by atoms with Crippen LogP contribution < -0.4 is 10.1 Å². The number of hydrogen-bond acceptors (Lipinski definition) is 4. The van der Waals surface area contributed by atoms with Gasteiger partial charge < -0.3 is 15.2 Å². The van der Waals surface area contributed by atoms with Crippen molar-refractivity contribution in [1.82, 2.24) is 15.5 Å². The SMILES string of the molecule is COc1ccc(CCNC(=O)c2ccc(-c3cc(-c4ccc(O)cc4)[nH]n3)cc2)cc1. The minimum atomic E-state index is -0.105. The molecular formula is C25H23N3O3. The van der Waals surface area contributed by atoms with Crippen LogP contribution in [-0.2, 0) is 6.42 Å². The fourth-order valence-corrected chi connectivity index (χ4v) is 3.27. The molecule has 3 aromatic carbocycles. The average Bonchev–Trinajstić information content (AvgIpc) is 3.30. The first kappa shape index (κ1) is 20.2. The fourth-order valence-electron chi connectivity index (χ4n) is 3.27. The molecule has 0 unspecified atom stereocenters. The van der Waals surface area contributed by atoms with E-state index < -0.39 is 0 Å². The molecule has 0 saturated heterocycles. The predicted molar refractivity (Wildman–Crippen MR) is 120 cm³/mol. The molecule has 4 rings (SSSR count). The minimum Gasteiger partial charge on any atom is -0.508 e. The molecule has 31 heavy (non-hydrogen) atoms. The summed E-state index contributed by atoms with van der Waals surface area (Å²) >= 11 is 0. The smallest absolute Gasteiger partial charge is 0.251 e. The van der Waals surface area contributed by atoms with Crippen molar-refractivity contribution < 1.29 is 14.6 Å². The summed E-state index contributed by atoms with van der Waals surface area (Å²) in [6.07, 6.45) is 0.751. The predicted octanol–water partition coefficient (Wildman–Crippen LogP) is 4.43. The summed E-state index contributed by atoms with van der Waals surface area (Å²) in [5.74, 6) is 0.938. The lowest BCUT2D eigenvalue weighted by atomic mass is 10.1. The molecule has 1 amide bonds. The van der Waals surface area contributed by atoms with Crippen molar-refractivity contribution in [3.8, 4) is 34.0 Å². The molecule has 4 aromatic rings. The highest BCUT2D eigenvalue weighted by molar-refractivity contribution is 5.94.